The number of hydrogen-bond donors (Lipinski definition) is 1. The van der Waals surface area contributed by atoms with Gasteiger partial charge in [-0.15, -0.1) is 0 Å². The Hall–Kier alpha value is -1.51. The van der Waals surface area contributed by atoms with Crippen molar-refractivity contribution in [1.82, 2.24) is 5.32 Å². The van der Waals surface area contributed by atoms with Crippen molar-refractivity contribution < 1.29 is 9.53 Å². The number of benzene rings is 1. The van der Waals surface area contributed by atoms with Crippen LogP contribution in [0.1, 0.15) is 38.1 Å². The molecule has 0 aromatic heterocycles. The van der Waals surface area contributed by atoms with Crippen molar-refractivity contribution in [3.05, 3.63) is 29.8 Å². The van der Waals surface area contributed by atoms with E-state index < -0.39 is 0 Å². The minimum Gasteiger partial charge on any atom is -0.497 e. The maximum absolute atomic E-state index is 12.0. The second-order valence-corrected chi connectivity index (χ2v) is 5.59. The highest BCUT2D eigenvalue weighted by atomic mass is 16.5. The van der Waals surface area contributed by atoms with Gasteiger partial charge in [0.15, 0.2) is 0 Å². The van der Waals surface area contributed by atoms with E-state index in [4.69, 9.17) is 4.74 Å². The molecule has 0 aliphatic carbocycles. The van der Waals surface area contributed by atoms with Crippen LogP contribution < -0.4 is 10.1 Å². The van der Waals surface area contributed by atoms with Crippen LogP contribution in [0.25, 0.3) is 0 Å². The van der Waals surface area contributed by atoms with E-state index in [-0.39, 0.29) is 5.91 Å². The van der Waals surface area contributed by atoms with Gasteiger partial charge in [-0.1, -0.05) is 27.7 Å². The maximum Gasteiger partial charge on any atom is 0.251 e. The summed E-state index contributed by atoms with van der Waals surface area (Å²) in [5.41, 5.74) is 0.673. The summed E-state index contributed by atoms with van der Waals surface area (Å²) in [6, 6.07) is 7.18. The smallest absolute Gasteiger partial charge is 0.251 e. The summed E-state index contributed by atoms with van der Waals surface area (Å²) >= 11 is 0. The predicted octanol–water partition coefficient (Wildman–Crippen LogP) is 3.35. The average Bonchev–Trinajstić information content (AvgIpc) is 2.38. The van der Waals surface area contributed by atoms with Crippen LogP contribution in [0.4, 0.5) is 0 Å². The Balaban J connectivity index is 2.58. The van der Waals surface area contributed by atoms with E-state index in [0.29, 0.717) is 23.3 Å². The summed E-state index contributed by atoms with van der Waals surface area (Å²) < 4.78 is 5.08. The largest absolute Gasteiger partial charge is 0.497 e. The van der Waals surface area contributed by atoms with E-state index in [1.807, 2.05) is 0 Å². The van der Waals surface area contributed by atoms with Crippen LogP contribution in [-0.2, 0) is 0 Å². The van der Waals surface area contributed by atoms with Gasteiger partial charge >= 0.3 is 0 Å². The van der Waals surface area contributed by atoms with Crippen LogP contribution in [0.5, 0.6) is 5.75 Å². The third-order valence-electron chi connectivity index (χ3n) is 3.56. The lowest BCUT2D eigenvalue weighted by molar-refractivity contribution is 0.0937. The zero-order valence-corrected chi connectivity index (χ0v) is 12.6. The molecular weight excluding hydrogens is 238 g/mol. The van der Waals surface area contributed by atoms with Crippen molar-refractivity contribution in [1.29, 1.82) is 0 Å². The molecule has 1 amide bonds. The van der Waals surface area contributed by atoms with E-state index in [2.05, 4.69) is 33.0 Å². The molecule has 0 heterocycles. The first-order valence-electron chi connectivity index (χ1n) is 6.88. The molecule has 1 aromatic carbocycles. The number of nitrogens with one attached hydrogen (secondary N) is 1. The number of ether oxygens (including phenoxy) is 1. The van der Waals surface area contributed by atoms with Crippen LogP contribution in [-0.4, -0.2) is 19.6 Å². The van der Waals surface area contributed by atoms with Gasteiger partial charge in [0, 0.05) is 12.1 Å². The fourth-order valence-electron chi connectivity index (χ4n) is 2.30. The highest BCUT2D eigenvalue weighted by Gasteiger charge is 2.18. The molecule has 0 fully saturated rings. The molecule has 0 bridgehead atoms. The van der Waals surface area contributed by atoms with Crippen molar-refractivity contribution in [2.24, 2.45) is 17.8 Å². The number of carbonyl (C=O) groups excluding carboxylic acids is 1. The fraction of sp³-hybridized carbons (Fsp3) is 0.562. The molecule has 0 atom stereocenters. The lowest BCUT2D eigenvalue weighted by Gasteiger charge is -2.25. The predicted molar refractivity (Wildman–Crippen MR) is 78.5 cm³/mol. The van der Waals surface area contributed by atoms with E-state index in [1.165, 1.54) is 0 Å². The Labute approximate surface area is 116 Å². The average molecular weight is 263 g/mol. The maximum atomic E-state index is 12.0. The molecule has 3 nitrogen and oxygen atoms in total. The Kier molecular flexibility index (Phi) is 5.87. The Morgan fingerprint density at radius 1 is 1.11 bits per heavy atom. The molecule has 0 unspecified atom stereocenters. The zero-order chi connectivity index (χ0) is 14.4. The Morgan fingerprint density at radius 2 is 1.63 bits per heavy atom. The summed E-state index contributed by atoms with van der Waals surface area (Å²) in [4.78, 5) is 12.0. The quantitative estimate of drug-likeness (QED) is 0.854. The van der Waals surface area contributed by atoms with Crippen molar-refractivity contribution in [2.75, 3.05) is 13.7 Å². The summed E-state index contributed by atoms with van der Waals surface area (Å²) in [6.07, 6.45) is 0. The van der Waals surface area contributed by atoms with Crippen molar-refractivity contribution >= 4 is 5.91 Å². The Bertz CT molecular complexity index is 388. The molecule has 3 heteroatoms. The monoisotopic (exact) mass is 263 g/mol. The molecule has 0 saturated heterocycles. The van der Waals surface area contributed by atoms with Gasteiger partial charge in [0.05, 0.1) is 7.11 Å². The van der Waals surface area contributed by atoms with E-state index in [9.17, 15) is 4.79 Å². The highest BCUT2D eigenvalue weighted by molar-refractivity contribution is 5.94. The van der Waals surface area contributed by atoms with Crippen LogP contribution in [0.15, 0.2) is 24.3 Å². The third-order valence-corrected chi connectivity index (χ3v) is 3.56. The zero-order valence-electron chi connectivity index (χ0n) is 12.6. The van der Waals surface area contributed by atoms with Gasteiger partial charge in [0.1, 0.15) is 5.75 Å². The highest BCUT2D eigenvalue weighted by Crippen LogP contribution is 2.19. The number of amides is 1. The van der Waals surface area contributed by atoms with Gasteiger partial charge < -0.3 is 10.1 Å². The summed E-state index contributed by atoms with van der Waals surface area (Å²) in [5, 5.41) is 3.02. The first kappa shape index (κ1) is 15.5. The molecule has 1 rings (SSSR count). The second-order valence-electron chi connectivity index (χ2n) is 5.59. The second kappa shape index (κ2) is 7.17. The first-order valence-corrected chi connectivity index (χ1v) is 6.88. The van der Waals surface area contributed by atoms with Gasteiger partial charge in [-0.3, -0.25) is 4.79 Å². The topological polar surface area (TPSA) is 38.3 Å². The van der Waals surface area contributed by atoms with Gasteiger partial charge in [-0.25, -0.2) is 0 Å². The lowest BCUT2D eigenvalue weighted by Crippen LogP contribution is -2.33. The number of rotatable bonds is 6. The Morgan fingerprint density at radius 3 is 2.05 bits per heavy atom. The molecule has 0 saturated carbocycles. The van der Waals surface area contributed by atoms with E-state index in [0.717, 1.165) is 12.3 Å². The number of carbonyl (C=O) groups is 1. The summed E-state index contributed by atoms with van der Waals surface area (Å²) in [6.45, 7) is 9.52. The van der Waals surface area contributed by atoms with Gasteiger partial charge in [0.25, 0.3) is 5.91 Å². The normalized spacial score (nSPS) is 11.2. The SMILES string of the molecule is COc1ccc(C(=O)NCC(C(C)C)C(C)C)cc1. The molecule has 0 spiro atoms. The van der Waals surface area contributed by atoms with Crippen molar-refractivity contribution in [3.63, 3.8) is 0 Å². The third kappa shape index (κ3) is 4.58. The number of methoxy groups -OCH3 is 1. The van der Waals surface area contributed by atoms with E-state index >= 15 is 0 Å². The molecule has 106 valence electrons. The molecule has 1 aromatic rings. The van der Waals surface area contributed by atoms with Crippen molar-refractivity contribution in [2.45, 2.75) is 27.7 Å². The van der Waals surface area contributed by atoms with Crippen LogP contribution in [0.3, 0.4) is 0 Å². The minimum atomic E-state index is -0.0195. The summed E-state index contributed by atoms with van der Waals surface area (Å²) in [5.74, 6) is 2.38. The van der Waals surface area contributed by atoms with Gasteiger partial charge in [0.2, 0.25) is 0 Å². The molecule has 19 heavy (non-hydrogen) atoms. The fourth-order valence-corrected chi connectivity index (χ4v) is 2.30. The molecule has 0 radical (unpaired) electrons. The number of hydrogen-bond acceptors (Lipinski definition) is 2. The standard InChI is InChI=1S/C16H25NO2/c1-11(2)15(12(3)4)10-17-16(18)13-6-8-14(19-5)9-7-13/h6-9,11-12,15H,10H2,1-5H3,(H,17,18). The lowest BCUT2D eigenvalue weighted by atomic mass is 9.85. The minimum absolute atomic E-state index is 0.0195. The van der Waals surface area contributed by atoms with Crippen LogP contribution in [0.2, 0.25) is 0 Å². The van der Waals surface area contributed by atoms with Crippen LogP contribution >= 0.6 is 0 Å². The van der Waals surface area contributed by atoms with Gasteiger partial charge in [-0.2, -0.15) is 0 Å². The van der Waals surface area contributed by atoms with Crippen molar-refractivity contribution in [3.8, 4) is 5.75 Å². The van der Waals surface area contributed by atoms with Gasteiger partial charge in [-0.05, 0) is 42.0 Å². The molecule has 0 aliphatic rings. The van der Waals surface area contributed by atoms with E-state index in [1.54, 1.807) is 31.4 Å². The molecule has 1 N–H and O–H groups in total. The molecular formula is C16H25NO2. The molecule has 0 aliphatic heterocycles. The first-order chi connectivity index (χ1) is 8.95. The summed E-state index contributed by atoms with van der Waals surface area (Å²) in [7, 11) is 1.62. The van der Waals surface area contributed by atoms with Crippen LogP contribution in [0, 0.1) is 17.8 Å².